The molecule has 5 heteroatoms. The average Bonchev–Trinajstić information content (AvgIpc) is 2.83. The van der Waals surface area contributed by atoms with Crippen molar-refractivity contribution in [1.82, 2.24) is 9.55 Å². The van der Waals surface area contributed by atoms with Gasteiger partial charge in [0.25, 0.3) is 0 Å². The normalized spacial score (nSPS) is 12.8. The summed E-state index contributed by atoms with van der Waals surface area (Å²) in [6.45, 7) is 3.44. The van der Waals surface area contributed by atoms with E-state index in [0.717, 1.165) is 0 Å². The van der Waals surface area contributed by atoms with Crippen molar-refractivity contribution in [3.05, 3.63) is 59.4 Å². The van der Waals surface area contributed by atoms with E-state index in [0.29, 0.717) is 22.6 Å². The molecule has 1 atom stereocenters. The molecule has 0 saturated carbocycles. The van der Waals surface area contributed by atoms with Crippen LogP contribution in [0, 0.1) is 18.6 Å². The Morgan fingerprint density at radius 1 is 1.14 bits per heavy atom. The molecule has 0 fully saturated rings. The number of hydrogen-bond acceptors (Lipinski definition) is 1. The van der Waals surface area contributed by atoms with Gasteiger partial charge in [-0.15, -0.1) is 11.6 Å². The highest BCUT2D eigenvalue weighted by atomic mass is 35.5. The molecular weight excluding hydrogens is 294 g/mol. The minimum absolute atomic E-state index is 0.237. The molecule has 1 heterocycles. The van der Waals surface area contributed by atoms with E-state index in [1.807, 2.05) is 0 Å². The lowest BCUT2D eigenvalue weighted by molar-refractivity contribution is 0.617. The lowest BCUT2D eigenvalue weighted by atomic mass is 10.2. The van der Waals surface area contributed by atoms with Gasteiger partial charge < -0.3 is 0 Å². The molecule has 3 rings (SSSR count). The molecule has 0 amide bonds. The summed E-state index contributed by atoms with van der Waals surface area (Å²) in [5.41, 5.74) is 1.94. The van der Waals surface area contributed by atoms with Gasteiger partial charge in [-0.1, -0.05) is 12.1 Å². The number of alkyl halides is 1. The molecule has 1 unspecified atom stereocenters. The van der Waals surface area contributed by atoms with E-state index in [1.165, 1.54) is 12.1 Å². The van der Waals surface area contributed by atoms with Crippen LogP contribution in [0.25, 0.3) is 16.7 Å². The fourth-order valence-corrected chi connectivity index (χ4v) is 2.49. The second-order valence-electron chi connectivity index (χ2n) is 4.96. The van der Waals surface area contributed by atoms with Gasteiger partial charge in [-0.3, -0.25) is 4.57 Å². The van der Waals surface area contributed by atoms with Crippen LogP contribution in [0.2, 0.25) is 0 Å². The fourth-order valence-electron chi connectivity index (χ4n) is 2.34. The minimum atomic E-state index is -0.429. The summed E-state index contributed by atoms with van der Waals surface area (Å²) in [5.74, 6) is -0.253. The number of hydrogen-bond donors (Lipinski definition) is 0. The molecule has 0 spiro atoms. The number of fused-ring (bicyclic) bond motifs is 1. The highest BCUT2D eigenvalue weighted by Crippen LogP contribution is 2.29. The summed E-state index contributed by atoms with van der Waals surface area (Å²) in [7, 11) is 0. The predicted molar refractivity (Wildman–Crippen MR) is 80.0 cm³/mol. The Balaban J connectivity index is 2.36. The van der Waals surface area contributed by atoms with Crippen molar-refractivity contribution in [2.75, 3.05) is 0 Å². The summed E-state index contributed by atoms with van der Waals surface area (Å²) < 4.78 is 29.4. The predicted octanol–water partition coefficient (Wildman–Crippen LogP) is 4.91. The van der Waals surface area contributed by atoms with Crippen molar-refractivity contribution >= 4 is 22.6 Å². The number of rotatable bonds is 2. The van der Waals surface area contributed by atoms with Crippen LogP contribution in [-0.4, -0.2) is 9.55 Å². The number of imidazole rings is 1. The van der Waals surface area contributed by atoms with Crippen molar-refractivity contribution in [1.29, 1.82) is 0 Å². The Morgan fingerprint density at radius 3 is 2.57 bits per heavy atom. The molecule has 0 N–H and O–H groups in total. The monoisotopic (exact) mass is 306 g/mol. The van der Waals surface area contributed by atoms with E-state index in [4.69, 9.17) is 11.6 Å². The average molecular weight is 307 g/mol. The van der Waals surface area contributed by atoms with E-state index in [2.05, 4.69) is 4.98 Å². The quantitative estimate of drug-likeness (QED) is 0.615. The van der Waals surface area contributed by atoms with Crippen LogP contribution in [0.4, 0.5) is 8.78 Å². The molecule has 21 heavy (non-hydrogen) atoms. The van der Waals surface area contributed by atoms with Crippen LogP contribution >= 0.6 is 11.6 Å². The van der Waals surface area contributed by atoms with Crippen molar-refractivity contribution in [2.24, 2.45) is 0 Å². The number of aromatic nitrogens is 2. The summed E-state index contributed by atoms with van der Waals surface area (Å²) in [6.07, 6.45) is 0. The second kappa shape index (κ2) is 5.11. The van der Waals surface area contributed by atoms with Gasteiger partial charge in [0, 0.05) is 0 Å². The first-order chi connectivity index (χ1) is 9.99. The fraction of sp³-hybridized carbons (Fsp3) is 0.188. The minimum Gasteiger partial charge on any atom is -0.295 e. The number of halogens is 3. The zero-order chi connectivity index (χ0) is 15.1. The Hall–Kier alpha value is -1.94. The molecule has 3 aromatic rings. The van der Waals surface area contributed by atoms with Gasteiger partial charge in [0.1, 0.15) is 17.2 Å². The van der Waals surface area contributed by atoms with Gasteiger partial charge in [-0.2, -0.15) is 0 Å². The Bertz CT molecular complexity index is 825. The Labute approximate surface area is 126 Å². The highest BCUT2D eigenvalue weighted by molar-refractivity contribution is 6.20. The van der Waals surface area contributed by atoms with Crippen molar-refractivity contribution in [3.63, 3.8) is 0 Å². The molecular formula is C16H13ClF2N2. The van der Waals surface area contributed by atoms with E-state index in [9.17, 15) is 8.78 Å². The smallest absolute Gasteiger partial charge is 0.151 e. The topological polar surface area (TPSA) is 17.8 Å². The highest BCUT2D eigenvalue weighted by Gasteiger charge is 2.18. The van der Waals surface area contributed by atoms with Crippen LogP contribution in [-0.2, 0) is 0 Å². The molecule has 0 radical (unpaired) electrons. The second-order valence-corrected chi connectivity index (χ2v) is 5.62. The SMILES string of the molecule is Cc1ccc(-n2c(C(C)Cl)nc3c(F)cccc32)cc1F. The lowest BCUT2D eigenvalue weighted by Gasteiger charge is -2.11. The zero-order valence-corrected chi connectivity index (χ0v) is 12.3. The number of aryl methyl sites for hydroxylation is 1. The van der Waals surface area contributed by atoms with Crippen molar-refractivity contribution in [2.45, 2.75) is 19.2 Å². The Morgan fingerprint density at radius 2 is 1.90 bits per heavy atom. The van der Waals surface area contributed by atoms with Gasteiger partial charge in [0.15, 0.2) is 5.82 Å². The molecule has 0 bridgehead atoms. The molecule has 2 nitrogen and oxygen atoms in total. The first-order valence-corrected chi connectivity index (χ1v) is 7.00. The van der Waals surface area contributed by atoms with Crippen LogP contribution in [0.15, 0.2) is 36.4 Å². The van der Waals surface area contributed by atoms with E-state index in [1.54, 1.807) is 42.7 Å². The van der Waals surface area contributed by atoms with Gasteiger partial charge in [0.05, 0.1) is 16.6 Å². The van der Waals surface area contributed by atoms with Crippen LogP contribution < -0.4 is 0 Å². The van der Waals surface area contributed by atoms with Gasteiger partial charge >= 0.3 is 0 Å². The molecule has 108 valence electrons. The molecule has 0 aliphatic carbocycles. The van der Waals surface area contributed by atoms with Gasteiger partial charge in [0.2, 0.25) is 0 Å². The van der Waals surface area contributed by atoms with Gasteiger partial charge in [-0.25, -0.2) is 13.8 Å². The third-order valence-electron chi connectivity index (χ3n) is 3.43. The number of para-hydroxylation sites is 1. The molecule has 0 aliphatic rings. The zero-order valence-electron chi connectivity index (χ0n) is 11.6. The standard InChI is InChI=1S/C16H13ClF2N2/c1-9-6-7-11(8-13(9)19)21-14-5-3-4-12(18)15(14)20-16(21)10(2)17/h3-8,10H,1-2H3. The molecule has 0 aliphatic heterocycles. The van der Waals surface area contributed by atoms with Crippen molar-refractivity contribution in [3.8, 4) is 5.69 Å². The maximum absolute atomic E-state index is 13.9. The largest absolute Gasteiger partial charge is 0.295 e. The molecule has 0 saturated heterocycles. The lowest BCUT2D eigenvalue weighted by Crippen LogP contribution is -2.02. The molecule has 2 aromatic carbocycles. The summed E-state index contributed by atoms with van der Waals surface area (Å²) in [4.78, 5) is 4.27. The summed E-state index contributed by atoms with van der Waals surface area (Å²) in [5, 5.41) is -0.429. The van der Waals surface area contributed by atoms with E-state index < -0.39 is 11.2 Å². The maximum Gasteiger partial charge on any atom is 0.151 e. The van der Waals surface area contributed by atoms with Crippen LogP contribution in [0.5, 0.6) is 0 Å². The third-order valence-corrected chi connectivity index (χ3v) is 3.63. The van der Waals surface area contributed by atoms with E-state index in [-0.39, 0.29) is 11.3 Å². The number of nitrogens with zero attached hydrogens (tertiary/aromatic N) is 2. The molecule has 1 aromatic heterocycles. The van der Waals surface area contributed by atoms with E-state index >= 15 is 0 Å². The summed E-state index contributed by atoms with van der Waals surface area (Å²) >= 11 is 6.15. The van der Waals surface area contributed by atoms with Crippen LogP contribution in [0.1, 0.15) is 23.7 Å². The maximum atomic E-state index is 13.9. The first kappa shape index (κ1) is 14.0. The Kier molecular flexibility index (Phi) is 3.41. The van der Waals surface area contributed by atoms with Crippen LogP contribution in [0.3, 0.4) is 0 Å². The first-order valence-electron chi connectivity index (χ1n) is 6.56. The van der Waals surface area contributed by atoms with Crippen molar-refractivity contribution < 1.29 is 8.78 Å². The third kappa shape index (κ3) is 2.29. The number of benzene rings is 2. The van der Waals surface area contributed by atoms with Gasteiger partial charge in [-0.05, 0) is 43.7 Å². The summed E-state index contributed by atoms with van der Waals surface area (Å²) in [6, 6.07) is 9.54.